The van der Waals surface area contributed by atoms with Gasteiger partial charge in [-0.25, -0.2) is 0 Å². The standard InChI is InChI=1S/C11H24N2O/c1-5-12-6-7-13-8-10(2)14-11(3,4)9-13/h10,12H,5-9H2,1-4H3. The number of morpholine rings is 1. The molecule has 0 aromatic heterocycles. The van der Waals surface area contributed by atoms with Crippen molar-refractivity contribution in [2.75, 3.05) is 32.7 Å². The van der Waals surface area contributed by atoms with Gasteiger partial charge in [-0.15, -0.1) is 0 Å². The molecule has 14 heavy (non-hydrogen) atoms. The zero-order valence-electron chi connectivity index (χ0n) is 9.97. The lowest BCUT2D eigenvalue weighted by Gasteiger charge is -2.41. The van der Waals surface area contributed by atoms with Crippen molar-refractivity contribution in [2.24, 2.45) is 0 Å². The van der Waals surface area contributed by atoms with E-state index in [4.69, 9.17) is 4.74 Å². The Morgan fingerprint density at radius 3 is 2.79 bits per heavy atom. The molecule has 3 nitrogen and oxygen atoms in total. The van der Waals surface area contributed by atoms with Crippen LogP contribution in [0.1, 0.15) is 27.7 Å². The Morgan fingerprint density at radius 2 is 2.21 bits per heavy atom. The summed E-state index contributed by atoms with van der Waals surface area (Å²) < 4.78 is 5.85. The summed E-state index contributed by atoms with van der Waals surface area (Å²) >= 11 is 0. The zero-order chi connectivity index (χ0) is 10.6. The van der Waals surface area contributed by atoms with Crippen molar-refractivity contribution >= 4 is 0 Å². The molecule has 1 saturated heterocycles. The van der Waals surface area contributed by atoms with Crippen LogP contribution in [-0.4, -0.2) is 49.3 Å². The molecular formula is C11H24N2O. The van der Waals surface area contributed by atoms with Crippen molar-refractivity contribution in [3.05, 3.63) is 0 Å². The molecule has 0 radical (unpaired) electrons. The number of nitrogens with zero attached hydrogens (tertiary/aromatic N) is 1. The molecule has 0 bridgehead atoms. The summed E-state index contributed by atoms with van der Waals surface area (Å²) in [6.07, 6.45) is 0.361. The van der Waals surface area contributed by atoms with Crippen LogP contribution in [-0.2, 0) is 4.74 Å². The third kappa shape index (κ3) is 3.95. The number of hydrogen-bond acceptors (Lipinski definition) is 3. The SMILES string of the molecule is CCNCCN1CC(C)OC(C)(C)C1. The monoisotopic (exact) mass is 200 g/mol. The molecule has 1 aliphatic rings. The first-order chi connectivity index (χ1) is 6.53. The number of ether oxygens (including phenoxy) is 1. The third-order valence-electron chi connectivity index (χ3n) is 2.49. The summed E-state index contributed by atoms with van der Waals surface area (Å²) in [5, 5.41) is 3.36. The van der Waals surface area contributed by atoms with Crippen LogP contribution < -0.4 is 5.32 Å². The molecule has 3 heteroatoms. The summed E-state index contributed by atoms with van der Waals surface area (Å²) in [4.78, 5) is 2.48. The molecule has 1 atom stereocenters. The molecule has 1 unspecified atom stereocenters. The Morgan fingerprint density at radius 1 is 1.50 bits per heavy atom. The van der Waals surface area contributed by atoms with Gasteiger partial charge in [0.1, 0.15) is 0 Å². The average Bonchev–Trinajstić information content (AvgIpc) is 2.00. The lowest BCUT2D eigenvalue weighted by atomic mass is 10.1. The van der Waals surface area contributed by atoms with E-state index in [2.05, 4.69) is 37.9 Å². The number of rotatable bonds is 4. The Kier molecular flexibility index (Phi) is 4.35. The summed E-state index contributed by atoms with van der Waals surface area (Å²) in [6.45, 7) is 14.0. The van der Waals surface area contributed by atoms with Crippen LogP contribution in [0.2, 0.25) is 0 Å². The fraction of sp³-hybridized carbons (Fsp3) is 1.00. The van der Waals surface area contributed by atoms with Crippen LogP contribution >= 0.6 is 0 Å². The highest BCUT2D eigenvalue weighted by atomic mass is 16.5. The van der Waals surface area contributed by atoms with E-state index in [-0.39, 0.29) is 5.60 Å². The number of likely N-dealkylation sites (N-methyl/N-ethyl adjacent to an activating group) is 1. The van der Waals surface area contributed by atoms with Gasteiger partial charge in [-0.1, -0.05) is 6.92 Å². The fourth-order valence-electron chi connectivity index (χ4n) is 2.17. The predicted octanol–water partition coefficient (Wildman–Crippen LogP) is 1.10. The summed E-state index contributed by atoms with van der Waals surface area (Å²) in [6, 6.07) is 0. The maximum atomic E-state index is 5.85. The van der Waals surface area contributed by atoms with Crippen LogP contribution in [0.25, 0.3) is 0 Å². The van der Waals surface area contributed by atoms with Crippen molar-refractivity contribution < 1.29 is 4.74 Å². The molecule has 0 amide bonds. The highest BCUT2D eigenvalue weighted by Crippen LogP contribution is 2.19. The summed E-state index contributed by atoms with van der Waals surface area (Å²) in [5.41, 5.74) is 0.0177. The maximum absolute atomic E-state index is 5.85. The first-order valence-corrected chi connectivity index (χ1v) is 5.64. The molecule has 0 aromatic rings. The van der Waals surface area contributed by atoms with Gasteiger partial charge in [0, 0.05) is 26.2 Å². The molecule has 1 rings (SSSR count). The van der Waals surface area contributed by atoms with E-state index in [0.29, 0.717) is 6.10 Å². The van der Waals surface area contributed by atoms with Crippen LogP contribution in [0.15, 0.2) is 0 Å². The van der Waals surface area contributed by atoms with Crippen LogP contribution in [0, 0.1) is 0 Å². The molecule has 1 heterocycles. The Labute approximate surface area is 87.8 Å². The van der Waals surface area contributed by atoms with E-state index in [9.17, 15) is 0 Å². The van der Waals surface area contributed by atoms with Gasteiger partial charge in [0.25, 0.3) is 0 Å². The van der Waals surface area contributed by atoms with Crippen LogP contribution in [0.3, 0.4) is 0 Å². The molecule has 0 aliphatic carbocycles. The van der Waals surface area contributed by atoms with E-state index in [1.807, 2.05) is 0 Å². The highest BCUT2D eigenvalue weighted by Gasteiger charge is 2.30. The van der Waals surface area contributed by atoms with Gasteiger partial charge >= 0.3 is 0 Å². The van der Waals surface area contributed by atoms with Crippen molar-refractivity contribution in [3.8, 4) is 0 Å². The highest BCUT2D eigenvalue weighted by molar-refractivity contribution is 4.82. The average molecular weight is 200 g/mol. The molecule has 1 N–H and O–H groups in total. The van der Waals surface area contributed by atoms with Gasteiger partial charge in [-0.3, -0.25) is 4.90 Å². The lowest BCUT2D eigenvalue weighted by molar-refractivity contribution is -0.128. The van der Waals surface area contributed by atoms with E-state index >= 15 is 0 Å². The smallest absolute Gasteiger partial charge is 0.0757 e. The van der Waals surface area contributed by atoms with Crippen LogP contribution in [0.4, 0.5) is 0 Å². The van der Waals surface area contributed by atoms with Gasteiger partial charge in [0.05, 0.1) is 11.7 Å². The summed E-state index contributed by atoms with van der Waals surface area (Å²) in [7, 11) is 0. The second kappa shape index (κ2) is 5.10. The van der Waals surface area contributed by atoms with Crippen molar-refractivity contribution in [1.29, 1.82) is 0 Å². The number of hydrogen-bond donors (Lipinski definition) is 1. The second-order valence-corrected chi connectivity index (χ2v) is 4.78. The Balaban J connectivity index is 2.30. The van der Waals surface area contributed by atoms with Crippen molar-refractivity contribution in [3.63, 3.8) is 0 Å². The minimum absolute atomic E-state index is 0.0177. The van der Waals surface area contributed by atoms with E-state index < -0.39 is 0 Å². The predicted molar refractivity (Wildman–Crippen MR) is 59.6 cm³/mol. The van der Waals surface area contributed by atoms with E-state index in [1.54, 1.807) is 0 Å². The first-order valence-electron chi connectivity index (χ1n) is 5.64. The Bertz CT molecular complexity index is 171. The van der Waals surface area contributed by atoms with Crippen LogP contribution in [0.5, 0.6) is 0 Å². The normalized spacial score (nSPS) is 27.9. The van der Waals surface area contributed by atoms with Gasteiger partial charge in [0.2, 0.25) is 0 Å². The first kappa shape index (κ1) is 12.0. The van der Waals surface area contributed by atoms with E-state index in [1.165, 1.54) is 0 Å². The number of nitrogens with one attached hydrogen (secondary N) is 1. The largest absolute Gasteiger partial charge is 0.370 e. The molecule has 0 aromatic carbocycles. The minimum Gasteiger partial charge on any atom is -0.370 e. The molecule has 0 saturated carbocycles. The Hall–Kier alpha value is -0.120. The fourth-order valence-corrected chi connectivity index (χ4v) is 2.17. The van der Waals surface area contributed by atoms with Gasteiger partial charge in [-0.05, 0) is 27.3 Å². The second-order valence-electron chi connectivity index (χ2n) is 4.78. The van der Waals surface area contributed by atoms with E-state index in [0.717, 1.165) is 32.7 Å². The topological polar surface area (TPSA) is 24.5 Å². The molecular weight excluding hydrogens is 176 g/mol. The quantitative estimate of drug-likeness (QED) is 0.688. The molecule has 84 valence electrons. The maximum Gasteiger partial charge on any atom is 0.0757 e. The lowest BCUT2D eigenvalue weighted by Crippen LogP contribution is -2.53. The van der Waals surface area contributed by atoms with Gasteiger partial charge in [0.15, 0.2) is 0 Å². The molecule has 1 aliphatic heterocycles. The molecule has 0 spiro atoms. The zero-order valence-corrected chi connectivity index (χ0v) is 9.97. The third-order valence-corrected chi connectivity index (χ3v) is 2.49. The van der Waals surface area contributed by atoms with Gasteiger partial charge in [-0.2, -0.15) is 0 Å². The summed E-state index contributed by atoms with van der Waals surface area (Å²) in [5.74, 6) is 0. The van der Waals surface area contributed by atoms with Gasteiger partial charge < -0.3 is 10.1 Å². The van der Waals surface area contributed by atoms with Crippen molar-refractivity contribution in [1.82, 2.24) is 10.2 Å². The van der Waals surface area contributed by atoms with Crippen molar-refractivity contribution in [2.45, 2.75) is 39.4 Å². The molecule has 1 fully saturated rings. The minimum atomic E-state index is 0.0177.